The average Bonchev–Trinajstić information content (AvgIpc) is 2.90. The van der Waals surface area contributed by atoms with Gasteiger partial charge in [-0.15, -0.1) is 0 Å². The summed E-state index contributed by atoms with van der Waals surface area (Å²) in [7, 11) is 0. The summed E-state index contributed by atoms with van der Waals surface area (Å²) < 4.78 is 17.8. The van der Waals surface area contributed by atoms with Crippen molar-refractivity contribution in [3.05, 3.63) is 88.7 Å². The predicted molar refractivity (Wildman–Crippen MR) is 143 cm³/mol. The minimum Gasteiger partial charge on any atom is -0.496 e. The highest BCUT2D eigenvalue weighted by molar-refractivity contribution is 6.30. The van der Waals surface area contributed by atoms with Gasteiger partial charge in [0.05, 0.1) is 25.6 Å². The first-order valence-corrected chi connectivity index (χ1v) is 13.4. The Kier molecular flexibility index (Phi) is 10.1. The normalized spacial score (nSPS) is 20.5. The molecule has 2 aromatic carbocycles. The Bertz CT molecular complexity index is 949. The van der Waals surface area contributed by atoms with Gasteiger partial charge in [0.2, 0.25) is 0 Å². The molecule has 188 valence electrons. The maximum atomic E-state index is 6.37. The van der Waals surface area contributed by atoms with Gasteiger partial charge in [0, 0.05) is 42.9 Å². The lowest BCUT2D eigenvalue weighted by Gasteiger charge is -2.31. The van der Waals surface area contributed by atoms with Crippen LogP contribution in [0.25, 0.3) is 0 Å². The standard InChI is InChI=1S/C30H38ClNO3/c1-2-3-5-29-28(6-4-7-30(29)35-23-19-32-17-21-33-22-18-32)25-10-14-27(15-11-25)34-20-16-24-8-12-26(31)13-9-24/h4,6-15,28-29H,2-3,5,16-23H2,1H3. The van der Waals surface area contributed by atoms with Crippen molar-refractivity contribution in [3.8, 4) is 5.75 Å². The summed E-state index contributed by atoms with van der Waals surface area (Å²) in [6, 6.07) is 16.6. The zero-order valence-electron chi connectivity index (χ0n) is 20.8. The first kappa shape index (κ1) is 25.8. The van der Waals surface area contributed by atoms with Crippen molar-refractivity contribution in [2.45, 2.75) is 38.5 Å². The molecule has 0 N–H and O–H groups in total. The highest BCUT2D eigenvalue weighted by Gasteiger charge is 2.28. The van der Waals surface area contributed by atoms with Crippen molar-refractivity contribution in [3.63, 3.8) is 0 Å². The molecule has 4 rings (SSSR count). The Balaban J connectivity index is 1.32. The summed E-state index contributed by atoms with van der Waals surface area (Å²) in [6.45, 7) is 8.24. The van der Waals surface area contributed by atoms with Gasteiger partial charge < -0.3 is 14.2 Å². The van der Waals surface area contributed by atoms with Crippen LogP contribution in [0.1, 0.15) is 43.2 Å². The van der Waals surface area contributed by atoms with Gasteiger partial charge in [-0.2, -0.15) is 0 Å². The van der Waals surface area contributed by atoms with E-state index in [0.717, 1.165) is 68.8 Å². The SMILES string of the molecule is CCCCC1C(OCCN2CCOCC2)=CC=CC1c1ccc(OCCc2ccc(Cl)cc2)cc1. The van der Waals surface area contributed by atoms with Crippen molar-refractivity contribution in [1.29, 1.82) is 0 Å². The summed E-state index contributed by atoms with van der Waals surface area (Å²) in [4.78, 5) is 2.42. The molecule has 0 aromatic heterocycles. The van der Waals surface area contributed by atoms with E-state index < -0.39 is 0 Å². The smallest absolute Gasteiger partial charge is 0.119 e. The van der Waals surface area contributed by atoms with Crippen LogP contribution in [0.15, 0.2) is 72.5 Å². The molecule has 1 fully saturated rings. The predicted octanol–water partition coefficient (Wildman–Crippen LogP) is 6.65. The van der Waals surface area contributed by atoms with E-state index in [1.165, 1.54) is 24.0 Å². The highest BCUT2D eigenvalue weighted by atomic mass is 35.5. The van der Waals surface area contributed by atoms with Crippen LogP contribution in [0.2, 0.25) is 5.02 Å². The van der Waals surface area contributed by atoms with E-state index in [4.69, 9.17) is 25.8 Å². The topological polar surface area (TPSA) is 30.9 Å². The number of unbranched alkanes of at least 4 members (excludes halogenated alkanes) is 1. The number of ether oxygens (including phenoxy) is 3. The Labute approximate surface area is 215 Å². The van der Waals surface area contributed by atoms with Gasteiger partial charge in [-0.05, 0) is 47.9 Å². The fourth-order valence-electron chi connectivity index (χ4n) is 4.79. The Morgan fingerprint density at radius 3 is 2.49 bits per heavy atom. The minimum atomic E-state index is 0.327. The second-order valence-electron chi connectivity index (χ2n) is 9.32. The Morgan fingerprint density at radius 2 is 1.74 bits per heavy atom. The largest absolute Gasteiger partial charge is 0.496 e. The van der Waals surface area contributed by atoms with E-state index in [1.807, 2.05) is 12.1 Å². The van der Waals surface area contributed by atoms with E-state index in [-0.39, 0.29) is 0 Å². The van der Waals surface area contributed by atoms with Gasteiger partial charge in [-0.25, -0.2) is 0 Å². The van der Waals surface area contributed by atoms with Crippen LogP contribution in [0.3, 0.4) is 0 Å². The molecule has 4 nitrogen and oxygen atoms in total. The number of halogens is 1. The molecule has 2 unspecified atom stereocenters. The highest BCUT2D eigenvalue weighted by Crippen LogP contribution is 2.39. The van der Waals surface area contributed by atoms with Crippen molar-refractivity contribution in [1.82, 2.24) is 4.90 Å². The molecule has 2 aliphatic rings. The average molecular weight is 496 g/mol. The van der Waals surface area contributed by atoms with Crippen molar-refractivity contribution in [2.24, 2.45) is 5.92 Å². The molecule has 1 saturated heterocycles. The number of hydrogen-bond donors (Lipinski definition) is 0. The molecule has 0 amide bonds. The minimum absolute atomic E-state index is 0.327. The van der Waals surface area contributed by atoms with E-state index in [9.17, 15) is 0 Å². The number of nitrogens with zero attached hydrogens (tertiary/aromatic N) is 1. The lowest BCUT2D eigenvalue weighted by molar-refractivity contribution is 0.0253. The van der Waals surface area contributed by atoms with E-state index >= 15 is 0 Å². The van der Waals surface area contributed by atoms with E-state index in [0.29, 0.717) is 18.4 Å². The van der Waals surface area contributed by atoms with Crippen molar-refractivity contribution < 1.29 is 14.2 Å². The maximum Gasteiger partial charge on any atom is 0.119 e. The van der Waals surface area contributed by atoms with Crippen LogP contribution in [-0.2, 0) is 15.9 Å². The summed E-state index contributed by atoms with van der Waals surface area (Å²) in [5, 5.41) is 0.764. The molecular weight excluding hydrogens is 458 g/mol. The zero-order chi connectivity index (χ0) is 24.3. The summed E-state index contributed by atoms with van der Waals surface area (Å²) >= 11 is 5.97. The third-order valence-electron chi connectivity index (χ3n) is 6.86. The fourth-order valence-corrected chi connectivity index (χ4v) is 4.92. The van der Waals surface area contributed by atoms with Crippen LogP contribution < -0.4 is 4.74 Å². The number of hydrogen-bond acceptors (Lipinski definition) is 4. The molecule has 2 aromatic rings. The van der Waals surface area contributed by atoms with Crippen LogP contribution in [0, 0.1) is 5.92 Å². The molecule has 2 atom stereocenters. The van der Waals surface area contributed by atoms with Gasteiger partial charge >= 0.3 is 0 Å². The van der Waals surface area contributed by atoms with Gasteiger partial charge in [-0.1, -0.05) is 67.8 Å². The first-order valence-electron chi connectivity index (χ1n) is 13.0. The van der Waals surface area contributed by atoms with Gasteiger partial charge in [0.1, 0.15) is 12.4 Å². The summed E-state index contributed by atoms with van der Waals surface area (Å²) in [6.07, 6.45) is 11.0. The second-order valence-corrected chi connectivity index (χ2v) is 9.76. The molecule has 0 saturated carbocycles. The fraction of sp³-hybridized carbons (Fsp3) is 0.467. The van der Waals surface area contributed by atoms with Crippen LogP contribution >= 0.6 is 11.6 Å². The molecule has 35 heavy (non-hydrogen) atoms. The molecule has 5 heteroatoms. The zero-order valence-corrected chi connectivity index (χ0v) is 21.6. The van der Waals surface area contributed by atoms with Crippen molar-refractivity contribution >= 4 is 11.6 Å². The monoisotopic (exact) mass is 495 g/mol. The number of morpholine rings is 1. The van der Waals surface area contributed by atoms with Crippen LogP contribution in [0.4, 0.5) is 0 Å². The number of benzene rings is 2. The molecule has 1 aliphatic carbocycles. The van der Waals surface area contributed by atoms with E-state index in [2.05, 4.69) is 66.4 Å². The third-order valence-corrected chi connectivity index (χ3v) is 7.12. The lowest BCUT2D eigenvalue weighted by Crippen LogP contribution is -2.38. The first-order chi connectivity index (χ1) is 17.2. The summed E-state index contributed by atoms with van der Waals surface area (Å²) in [5.74, 6) is 2.74. The molecule has 0 radical (unpaired) electrons. The van der Waals surface area contributed by atoms with Crippen molar-refractivity contribution in [2.75, 3.05) is 46.1 Å². The van der Waals surface area contributed by atoms with Crippen LogP contribution in [-0.4, -0.2) is 51.0 Å². The lowest BCUT2D eigenvalue weighted by atomic mass is 9.79. The molecular formula is C30H38ClNO3. The number of rotatable bonds is 12. The second kappa shape index (κ2) is 13.7. The van der Waals surface area contributed by atoms with Gasteiger partial charge in [0.25, 0.3) is 0 Å². The van der Waals surface area contributed by atoms with Gasteiger partial charge in [-0.3, -0.25) is 4.90 Å². The molecule has 1 heterocycles. The van der Waals surface area contributed by atoms with Gasteiger partial charge in [0.15, 0.2) is 0 Å². The molecule has 0 spiro atoms. The molecule has 0 bridgehead atoms. The third kappa shape index (κ3) is 7.86. The Morgan fingerprint density at radius 1 is 0.971 bits per heavy atom. The van der Waals surface area contributed by atoms with E-state index in [1.54, 1.807) is 0 Å². The number of allylic oxidation sites excluding steroid dienone is 4. The quantitative estimate of drug-likeness (QED) is 0.329. The maximum absolute atomic E-state index is 6.37. The summed E-state index contributed by atoms with van der Waals surface area (Å²) in [5.41, 5.74) is 2.54. The molecule has 1 aliphatic heterocycles. The van der Waals surface area contributed by atoms with Crippen LogP contribution in [0.5, 0.6) is 5.75 Å². The Hall–Kier alpha value is -2.27.